The summed E-state index contributed by atoms with van der Waals surface area (Å²) >= 11 is 0. The van der Waals surface area contributed by atoms with E-state index in [1.54, 1.807) is 19.9 Å². The maximum atomic E-state index is 11.9. The van der Waals surface area contributed by atoms with Gasteiger partial charge in [-0.25, -0.2) is 0 Å². The normalized spacial score (nSPS) is 11.1. The summed E-state index contributed by atoms with van der Waals surface area (Å²) in [6, 6.07) is 7.31. The summed E-state index contributed by atoms with van der Waals surface area (Å²) in [7, 11) is 0. The summed E-state index contributed by atoms with van der Waals surface area (Å²) < 4.78 is 0. The molecule has 0 radical (unpaired) electrons. The van der Waals surface area contributed by atoms with Crippen molar-refractivity contribution in [1.82, 2.24) is 5.32 Å². The van der Waals surface area contributed by atoms with Crippen molar-refractivity contribution in [2.45, 2.75) is 27.2 Å². The average molecular weight is 249 g/mol. The Bertz CT molecular complexity index is 452. The smallest absolute Gasteiger partial charge is 0.309 e. The minimum atomic E-state index is -0.854. The molecule has 18 heavy (non-hydrogen) atoms. The van der Waals surface area contributed by atoms with Gasteiger partial charge in [0.25, 0.3) is 5.91 Å². The Morgan fingerprint density at radius 1 is 1.28 bits per heavy atom. The minimum Gasteiger partial charge on any atom is -0.481 e. The summed E-state index contributed by atoms with van der Waals surface area (Å²) in [5.41, 5.74) is 0.720. The predicted molar refractivity (Wildman–Crippen MR) is 69.5 cm³/mol. The molecule has 0 saturated carbocycles. The van der Waals surface area contributed by atoms with E-state index in [2.05, 4.69) is 5.32 Å². The van der Waals surface area contributed by atoms with Crippen LogP contribution in [0.15, 0.2) is 24.3 Å². The lowest BCUT2D eigenvalue weighted by molar-refractivity contribution is -0.147. The molecule has 4 heteroatoms. The number of carbonyl (C=O) groups is 2. The van der Waals surface area contributed by atoms with Crippen LogP contribution < -0.4 is 5.32 Å². The number of carboxylic acid groups (broad SMARTS) is 1. The molecule has 98 valence electrons. The molecule has 0 bridgehead atoms. The second kappa shape index (κ2) is 5.67. The molecule has 4 nitrogen and oxygen atoms in total. The minimum absolute atomic E-state index is 0.158. The van der Waals surface area contributed by atoms with Gasteiger partial charge in [0.2, 0.25) is 0 Å². The van der Waals surface area contributed by atoms with Gasteiger partial charge < -0.3 is 10.4 Å². The van der Waals surface area contributed by atoms with Crippen LogP contribution in [0.1, 0.15) is 36.2 Å². The maximum absolute atomic E-state index is 11.9. The quantitative estimate of drug-likeness (QED) is 0.841. The van der Waals surface area contributed by atoms with Crippen molar-refractivity contribution in [3.63, 3.8) is 0 Å². The monoisotopic (exact) mass is 249 g/mol. The second-order valence-electron chi connectivity index (χ2n) is 5.01. The lowest BCUT2D eigenvalue weighted by Crippen LogP contribution is -2.32. The fourth-order valence-electron chi connectivity index (χ4n) is 1.52. The highest BCUT2D eigenvalue weighted by Gasteiger charge is 2.26. The van der Waals surface area contributed by atoms with Crippen LogP contribution in [-0.2, 0) is 4.79 Å². The molecule has 0 fully saturated rings. The third-order valence-electron chi connectivity index (χ3n) is 3.00. The van der Waals surface area contributed by atoms with Gasteiger partial charge in [-0.2, -0.15) is 0 Å². The molecule has 0 aromatic heterocycles. The Hall–Kier alpha value is -1.84. The van der Waals surface area contributed by atoms with Crippen LogP contribution in [0.4, 0.5) is 0 Å². The molecular formula is C14H19NO3. The van der Waals surface area contributed by atoms with Crippen LogP contribution in [0.2, 0.25) is 0 Å². The van der Waals surface area contributed by atoms with Crippen molar-refractivity contribution in [1.29, 1.82) is 0 Å². The molecular weight excluding hydrogens is 230 g/mol. The van der Waals surface area contributed by atoms with Crippen LogP contribution in [0.25, 0.3) is 0 Å². The fraction of sp³-hybridized carbons (Fsp3) is 0.429. The van der Waals surface area contributed by atoms with Crippen molar-refractivity contribution in [3.05, 3.63) is 35.4 Å². The Kier molecular flexibility index (Phi) is 4.48. The molecule has 0 unspecified atom stereocenters. The summed E-state index contributed by atoms with van der Waals surface area (Å²) in [6.45, 7) is 5.52. The van der Waals surface area contributed by atoms with Gasteiger partial charge in [-0.15, -0.1) is 0 Å². The summed E-state index contributed by atoms with van der Waals surface area (Å²) in [6.07, 6.45) is 0.403. The van der Waals surface area contributed by atoms with Crippen molar-refractivity contribution >= 4 is 11.9 Å². The topological polar surface area (TPSA) is 66.4 Å². The Balaban J connectivity index is 2.53. The largest absolute Gasteiger partial charge is 0.481 e. The molecule has 0 spiro atoms. The lowest BCUT2D eigenvalue weighted by Gasteiger charge is -2.19. The first-order valence-electron chi connectivity index (χ1n) is 5.92. The highest BCUT2D eigenvalue weighted by molar-refractivity contribution is 5.95. The van der Waals surface area contributed by atoms with Gasteiger partial charge in [0.1, 0.15) is 0 Å². The second-order valence-corrected chi connectivity index (χ2v) is 5.01. The van der Waals surface area contributed by atoms with Gasteiger partial charge in [-0.3, -0.25) is 9.59 Å². The van der Waals surface area contributed by atoms with E-state index in [-0.39, 0.29) is 5.91 Å². The van der Waals surface area contributed by atoms with E-state index in [4.69, 9.17) is 5.11 Å². The zero-order valence-electron chi connectivity index (χ0n) is 11.0. The fourth-order valence-corrected chi connectivity index (χ4v) is 1.52. The molecule has 0 atom stereocenters. The Morgan fingerprint density at radius 3 is 2.44 bits per heavy atom. The van der Waals surface area contributed by atoms with E-state index in [1.165, 1.54) is 0 Å². The average Bonchev–Trinajstić information content (AvgIpc) is 2.29. The van der Waals surface area contributed by atoms with E-state index in [1.807, 2.05) is 25.1 Å². The predicted octanol–water partition coefficient (Wildman–Crippen LogP) is 2.23. The summed E-state index contributed by atoms with van der Waals surface area (Å²) in [4.78, 5) is 22.8. The SMILES string of the molecule is Cc1ccccc1C(=O)NCCC(C)(C)C(=O)O. The molecule has 0 aliphatic heterocycles. The van der Waals surface area contributed by atoms with E-state index in [0.29, 0.717) is 18.5 Å². The van der Waals surface area contributed by atoms with Crippen molar-refractivity contribution < 1.29 is 14.7 Å². The summed E-state index contributed by atoms with van der Waals surface area (Å²) in [5, 5.41) is 11.7. The first-order chi connectivity index (χ1) is 8.34. The maximum Gasteiger partial charge on any atom is 0.309 e. The zero-order chi connectivity index (χ0) is 13.8. The number of aliphatic carboxylic acids is 1. The van der Waals surface area contributed by atoms with Gasteiger partial charge in [0.15, 0.2) is 0 Å². The van der Waals surface area contributed by atoms with Gasteiger partial charge in [0.05, 0.1) is 5.41 Å². The number of hydrogen-bond acceptors (Lipinski definition) is 2. The molecule has 2 N–H and O–H groups in total. The van der Waals surface area contributed by atoms with Gasteiger partial charge in [-0.05, 0) is 38.8 Å². The molecule has 0 aliphatic rings. The number of carbonyl (C=O) groups excluding carboxylic acids is 1. The molecule has 1 amide bonds. The van der Waals surface area contributed by atoms with Crippen LogP contribution in [-0.4, -0.2) is 23.5 Å². The van der Waals surface area contributed by atoms with Crippen LogP contribution in [0.3, 0.4) is 0 Å². The first-order valence-corrected chi connectivity index (χ1v) is 5.92. The van der Waals surface area contributed by atoms with E-state index < -0.39 is 11.4 Å². The molecule has 1 rings (SSSR count). The lowest BCUT2D eigenvalue weighted by atomic mass is 9.89. The Labute approximate surface area is 107 Å². The molecule has 0 saturated heterocycles. The standard InChI is InChI=1S/C14H19NO3/c1-10-6-4-5-7-11(10)12(16)15-9-8-14(2,3)13(17)18/h4-7H,8-9H2,1-3H3,(H,15,16)(H,17,18). The van der Waals surface area contributed by atoms with E-state index in [9.17, 15) is 9.59 Å². The third kappa shape index (κ3) is 3.58. The number of amides is 1. The highest BCUT2D eigenvalue weighted by atomic mass is 16.4. The Morgan fingerprint density at radius 2 is 1.89 bits per heavy atom. The first kappa shape index (κ1) is 14.2. The number of rotatable bonds is 5. The van der Waals surface area contributed by atoms with Crippen molar-refractivity contribution in [2.24, 2.45) is 5.41 Å². The number of benzene rings is 1. The summed E-state index contributed by atoms with van der Waals surface area (Å²) in [5.74, 6) is -1.01. The number of hydrogen-bond donors (Lipinski definition) is 2. The van der Waals surface area contributed by atoms with E-state index in [0.717, 1.165) is 5.56 Å². The molecule has 1 aromatic rings. The molecule has 1 aromatic carbocycles. The van der Waals surface area contributed by atoms with E-state index >= 15 is 0 Å². The van der Waals surface area contributed by atoms with Crippen molar-refractivity contribution in [3.8, 4) is 0 Å². The highest BCUT2D eigenvalue weighted by Crippen LogP contribution is 2.19. The van der Waals surface area contributed by atoms with Crippen LogP contribution in [0.5, 0.6) is 0 Å². The van der Waals surface area contributed by atoms with Gasteiger partial charge in [0, 0.05) is 12.1 Å². The van der Waals surface area contributed by atoms with Gasteiger partial charge in [-0.1, -0.05) is 18.2 Å². The molecule has 0 aliphatic carbocycles. The molecule has 0 heterocycles. The third-order valence-corrected chi connectivity index (χ3v) is 3.00. The zero-order valence-corrected chi connectivity index (χ0v) is 11.0. The number of nitrogens with one attached hydrogen (secondary N) is 1. The van der Waals surface area contributed by atoms with Crippen LogP contribution >= 0.6 is 0 Å². The number of aryl methyl sites for hydroxylation is 1. The van der Waals surface area contributed by atoms with Crippen molar-refractivity contribution in [2.75, 3.05) is 6.54 Å². The van der Waals surface area contributed by atoms with Gasteiger partial charge >= 0.3 is 5.97 Å². The van der Waals surface area contributed by atoms with Crippen LogP contribution in [0, 0.1) is 12.3 Å². The number of carboxylic acids is 1.